The fraction of sp³-hybridized carbons (Fsp3) is 0.286. The summed E-state index contributed by atoms with van der Waals surface area (Å²) in [6.45, 7) is 4.82. The Morgan fingerprint density at radius 2 is 2.09 bits per heavy atom. The van der Waals surface area contributed by atoms with Gasteiger partial charge in [0, 0.05) is 12.7 Å². The maximum Gasteiger partial charge on any atom is 0.391 e. The third-order valence-corrected chi connectivity index (χ3v) is 3.97. The molecule has 22 heavy (non-hydrogen) atoms. The number of hydrogen-bond acceptors (Lipinski definition) is 4. The summed E-state index contributed by atoms with van der Waals surface area (Å²) in [6, 6.07) is 6.44. The van der Waals surface area contributed by atoms with Crippen molar-refractivity contribution < 1.29 is 18.8 Å². The van der Waals surface area contributed by atoms with Crippen LogP contribution in [0.25, 0.3) is 22.7 Å². The predicted octanol–water partition coefficient (Wildman–Crippen LogP) is 2.15. The van der Waals surface area contributed by atoms with E-state index in [0.29, 0.717) is 29.6 Å². The fourth-order valence-corrected chi connectivity index (χ4v) is 2.78. The summed E-state index contributed by atoms with van der Waals surface area (Å²) in [6.07, 6.45) is 1.69. The average molecular weight is 321 g/mol. The van der Waals surface area contributed by atoms with Gasteiger partial charge in [-0.2, -0.15) is 0 Å². The van der Waals surface area contributed by atoms with Crippen molar-refractivity contribution in [3.8, 4) is 11.6 Å². The topological polar surface area (TPSA) is 101 Å². The first-order valence-corrected chi connectivity index (χ1v) is 8.45. The van der Waals surface area contributed by atoms with E-state index in [1.165, 1.54) is 12.1 Å². The van der Waals surface area contributed by atoms with E-state index >= 15 is 0 Å². The van der Waals surface area contributed by atoms with Gasteiger partial charge < -0.3 is 18.8 Å². The van der Waals surface area contributed by atoms with Crippen LogP contribution in [0.4, 0.5) is 0 Å². The van der Waals surface area contributed by atoms with E-state index in [0.717, 1.165) is 5.65 Å². The normalized spacial score (nSPS) is 12.4. The van der Waals surface area contributed by atoms with Crippen LogP contribution >= 0.6 is 7.60 Å². The number of nitrogens with zero attached hydrogens (tertiary/aromatic N) is 3. The molecule has 0 aliphatic rings. The number of fused-ring (bicyclic) bond motifs is 1. The van der Waals surface area contributed by atoms with Crippen molar-refractivity contribution in [2.75, 3.05) is 0 Å². The Hall–Kier alpha value is -1.95. The van der Waals surface area contributed by atoms with Gasteiger partial charge in [0.15, 0.2) is 17.2 Å². The van der Waals surface area contributed by atoms with E-state index in [9.17, 15) is 14.4 Å². The van der Waals surface area contributed by atoms with Crippen molar-refractivity contribution in [3.63, 3.8) is 0 Å². The molecule has 2 N–H and O–H groups in total. The van der Waals surface area contributed by atoms with Gasteiger partial charge in [0.05, 0.1) is 0 Å². The average Bonchev–Trinajstić information content (AvgIpc) is 3.03. The summed E-state index contributed by atoms with van der Waals surface area (Å²) in [7, 11) is -4.41. The first-order chi connectivity index (χ1) is 10.4. The Labute approximate surface area is 126 Å². The van der Waals surface area contributed by atoms with Crippen molar-refractivity contribution >= 4 is 24.3 Å². The molecule has 0 unspecified atom stereocenters. The number of hydrogen-bond donors (Lipinski definition) is 2. The lowest BCUT2D eigenvalue weighted by atomic mass is 10.2. The molecule has 0 aliphatic carbocycles. The van der Waals surface area contributed by atoms with E-state index in [1.54, 1.807) is 12.3 Å². The van der Waals surface area contributed by atoms with Gasteiger partial charge in [-0.3, -0.25) is 4.57 Å². The lowest BCUT2D eigenvalue weighted by molar-refractivity contribution is 0.377. The molecule has 0 atom stereocenters. The van der Waals surface area contributed by atoms with Crippen LogP contribution in [0, 0.1) is 5.92 Å². The van der Waals surface area contributed by atoms with E-state index in [1.807, 2.05) is 10.6 Å². The molecule has 7 nitrogen and oxygen atoms in total. The largest absolute Gasteiger partial charge is 0.445 e. The Kier molecular flexibility index (Phi) is 3.64. The minimum absolute atomic E-state index is 0.317. The molecule has 8 heteroatoms. The second-order valence-corrected chi connectivity index (χ2v) is 7.00. The van der Waals surface area contributed by atoms with Crippen molar-refractivity contribution in [2.45, 2.75) is 20.4 Å². The first-order valence-electron chi connectivity index (χ1n) is 6.84. The van der Waals surface area contributed by atoms with Gasteiger partial charge in [-0.1, -0.05) is 13.8 Å². The Bertz CT molecular complexity index is 862. The highest BCUT2D eigenvalue weighted by Crippen LogP contribution is 2.35. The molecule has 0 bridgehead atoms. The molecule has 0 aromatic carbocycles. The zero-order chi connectivity index (χ0) is 15.9. The highest BCUT2D eigenvalue weighted by Gasteiger charge is 2.24. The third-order valence-electron chi connectivity index (χ3n) is 3.15. The molecule has 0 amide bonds. The van der Waals surface area contributed by atoms with Crippen LogP contribution in [0.1, 0.15) is 13.8 Å². The minimum atomic E-state index is -4.41. The lowest BCUT2D eigenvalue weighted by Crippen LogP contribution is -2.07. The molecule has 3 aromatic heterocycles. The number of imidazole rings is 1. The smallest absolute Gasteiger partial charge is 0.391 e. The van der Waals surface area contributed by atoms with Crippen molar-refractivity contribution in [2.24, 2.45) is 5.92 Å². The van der Waals surface area contributed by atoms with Crippen LogP contribution < -0.4 is 5.50 Å². The van der Waals surface area contributed by atoms with Gasteiger partial charge >= 0.3 is 7.60 Å². The van der Waals surface area contributed by atoms with Crippen LogP contribution in [-0.2, 0) is 11.1 Å². The number of pyridine rings is 1. The van der Waals surface area contributed by atoms with Gasteiger partial charge in [0.2, 0.25) is 5.50 Å². The first kappa shape index (κ1) is 15.0. The molecule has 116 valence electrons. The second kappa shape index (κ2) is 5.35. The molecule has 3 rings (SSSR count). The minimum Gasteiger partial charge on any atom is -0.445 e. The lowest BCUT2D eigenvalue weighted by Gasteiger charge is -2.09. The molecule has 0 saturated carbocycles. The van der Waals surface area contributed by atoms with E-state index in [2.05, 4.69) is 23.8 Å². The molecule has 0 radical (unpaired) electrons. The summed E-state index contributed by atoms with van der Waals surface area (Å²) < 4.78 is 18.5. The zero-order valence-corrected chi connectivity index (χ0v) is 13.1. The van der Waals surface area contributed by atoms with Crippen LogP contribution in [0.15, 0.2) is 34.9 Å². The standard InChI is InChI=1S/C14H16N3O4P/c1-9(2)8-17-13-10(4-3-7-15-13)16-14(17)11-5-6-12(21-11)22(18,19)20/h3-7,9H,8H2,1-2H3,(H2,18,19,20). The molecular weight excluding hydrogens is 305 g/mol. The molecule has 0 saturated heterocycles. The highest BCUT2D eigenvalue weighted by atomic mass is 31.2. The van der Waals surface area contributed by atoms with Gasteiger partial charge in [-0.15, -0.1) is 0 Å². The summed E-state index contributed by atoms with van der Waals surface area (Å²) in [5.74, 6) is 1.19. The maximum absolute atomic E-state index is 11.3. The Balaban J connectivity index is 2.17. The number of furan rings is 1. The summed E-state index contributed by atoms with van der Waals surface area (Å²) in [5.41, 5.74) is 1.08. The summed E-state index contributed by atoms with van der Waals surface area (Å²) in [4.78, 5) is 27.2. The highest BCUT2D eigenvalue weighted by molar-refractivity contribution is 7.59. The van der Waals surface area contributed by atoms with Crippen LogP contribution in [0.2, 0.25) is 0 Å². The molecule has 0 aliphatic heterocycles. The van der Waals surface area contributed by atoms with Crippen molar-refractivity contribution in [3.05, 3.63) is 30.5 Å². The third kappa shape index (κ3) is 2.70. The summed E-state index contributed by atoms with van der Waals surface area (Å²) in [5, 5.41) is 0. The fourth-order valence-electron chi connectivity index (χ4n) is 2.29. The van der Waals surface area contributed by atoms with Crippen LogP contribution in [0.5, 0.6) is 0 Å². The molecule has 0 fully saturated rings. The van der Waals surface area contributed by atoms with E-state index in [4.69, 9.17) is 4.42 Å². The van der Waals surface area contributed by atoms with E-state index in [-0.39, 0.29) is 5.50 Å². The molecule has 3 heterocycles. The molecule has 3 aromatic rings. The van der Waals surface area contributed by atoms with E-state index < -0.39 is 7.60 Å². The summed E-state index contributed by atoms with van der Waals surface area (Å²) >= 11 is 0. The monoisotopic (exact) mass is 321 g/mol. The van der Waals surface area contributed by atoms with Crippen molar-refractivity contribution in [1.82, 2.24) is 14.5 Å². The Morgan fingerprint density at radius 1 is 1.32 bits per heavy atom. The van der Waals surface area contributed by atoms with Gasteiger partial charge in [0.25, 0.3) is 0 Å². The van der Waals surface area contributed by atoms with Gasteiger partial charge in [-0.25, -0.2) is 9.97 Å². The van der Waals surface area contributed by atoms with Crippen LogP contribution in [0.3, 0.4) is 0 Å². The quantitative estimate of drug-likeness (QED) is 0.714. The zero-order valence-electron chi connectivity index (χ0n) is 12.2. The second-order valence-electron chi connectivity index (χ2n) is 5.47. The molecular formula is C14H16N3O4P. The SMILES string of the molecule is CC(C)Cn1c(-c2ccc(P(=O)(O)O)o2)nc2cccnc21. The predicted molar refractivity (Wildman–Crippen MR) is 81.7 cm³/mol. The van der Waals surface area contributed by atoms with Crippen molar-refractivity contribution in [1.29, 1.82) is 0 Å². The van der Waals surface area contributed by atoms with Gasteiger partial charge in [-0.05, 0) is 30.2 Å². The Morgan fingerprint density at radius 3 is 2.73 bits per heavy atom. The molecule has 0 spiro atoms. The maximum atomic E-state index is 11.3. The number of aromatic nitrogens is 3. The number of rotatable bonds is 4. The van der Waals surface area contributed by atoms with Crippen LogP contribution in [-0.4, -0.2) is 24.3 Å². The van der Waals surface area contributed by atoms with Gasteiger partial charge in [0.1, 0.15) is 5.52 Å².